The first-order valence-electron chi connectivity index (χ1n) is 5.46. The fourth-order valence-corrected chi connectivity index (χ4v) is 1.01. The summed E-state index contributed by atoms with van der Waals surface area (Å²) in [5, 5.41) is 0. The molecule has 17 heavy (non-hydrogen) atoms. The molecule has 4 heteroatoms. The second-order valence-electron chi connectivity index (χ2n) is 2.87. The minimum Gasteiger partial charge on any atom is -0.497 e. The van der Waals surface area contributed by atoms with Crippen molar-refractivity contribution in [1.29, 1.82) is 0 Å². The van der Waals surface area contributed by atoms with Gasteiger partial charge in [-0.25, -0.2) is 4.39 Å². The Balaban J connectivity index is 0.00000121. The standard InChI is InChI=1S/C11H13FN2O.C2H6/c1-15-11-4-2-9(3-5-11)7-14-8-10(12)6-13;1-2/h2-6,8H,7,13H2,1H3;1-2H3/b10-6+,14-8?;. The topological polar surface area (TPSA) is 47.6 Å². The largest absolute Gasteiger partial charge is 0.497 e. The highest BCUT2D eigenvalue weighted by Crippen LogP contribution is 2.11. The van der Waals surface area contributed by atoms with E-state index in [0.29, 0.717) is 6.54 Å². The highest BCUT2D eigenvalue weighted by molar-refractivity contribution is 5.75. The first-order valence-corrected chi connectivity index (χ1v) is 5.46. The van der Waals surface area contributed by atoms with Crippen LogP contribution < -0.4 is 10.5 Å². The number of aliphatic imine (C=N–C) groups is 1. The van der Waals surface area contributed by atoms with Crippen molar-refractivity contribution >= 4 is 6.21 Å². The molecule has 0 unspecified atom stereocenters. The SMILES string of the molecule is CC.COc1ccc(CN=C/C(F)=C\N)cc1. The van der Waals surface area contributed by atoms with Gasteiger partial charge in [-0.05, 0) is 17.7 Å². The number of hydrogen-bond donors (Lipinski definition) is 1. The van der Waals surface area contributed by atoms with Crippen LogP contribution in [0.25, 0.3) is 0 Å². The molecule has 1 aromatic rings. The van der Waals surface area contributed by atoms with Crippen LogP contribution in [0.15, 0.2) is 41.3 Å². The summed E-state index contributed by atoms with van der Waals surface area (Å²) in [6.07, 6.45) is 1.97. The predicted octanol–water partition coefficient (Wildman–Crippen LogP) is 3.06. The van der Waals surface area contributed by atoms with E-state index in [1.54, 1.807) is 7.11 Å². The summed E-state index contributed by atoms with van der Waals surface area (Å²) >= 11 is 0. The Morgan fingerprint density at radius 1 is 1.35 bits per heavy atom. The smallest absolute Gasteiger partial charge is 0.156 e. The molecule has 94 valence electrons. The molecule has 0 aliphatic heterocycles. The Morgan fingerprint density at radius 2 is 1.94 bits per heavy atom. The van der Waals surface area contributed by atoms with Gasteiger partial charge in [-0.3, -0.25) is 4.99 Å². The lowest BCUT2D eigenvalue weighted by Crippen LogP contribution is -1.87. The van der Waals surface area contributed by atoms with E-state index in [2.05, 4.69) is 4.99 Å². The molecule has 0 aromatic heterocycles. The van der Waals surface area contributed by atoms with Crippen LogP contribution >= 0.6 is 0 Å². The zero-order valence-electron chi connectivity index (χ0n) is 10.5. The third-order valence-electron chi connectivity index (χ3n) is 1.81. The van der Waals surface area contributed by atoms with E-state index in [4.69, 9.17) is 10.5 Å². The Morgan fingerprint density at radius 3 is 2.41 bits per heavy atom. The lowest BCUT2D eigenvalue weighted by molar-refractivity contribution is 0.414. The number of hydrogen-bond acceptors (Lipinski definition) is 3. The zero-order chi connectivity index (χ0) is 13.1. The molecule has 0 aliphatic rings. The molecule has 0 spiro atoms. The highest BCUT2D eigenvalue weighted by atomic mass is 19.1. The molecule has 0 bridgehead atoms. The van der Waals surface area contributed by atoms with Gasteiger partial charge in [0, 0.05) is 6.20 Å². The van der Waals surface area contributed by atoms with Crippen LogP contribution in [0, 0.1) is 0 Å². The summed E-state index contributed by atoms with van der Waals surface area (Å²) in [6, 6.07) is 7.42. The van der Waals surface area contributed by atoms with Crippen LogP contribution in [0.3, 0.4) is 0 Å². The van der Waals surface area contributed by atoms with Crippen LogP contribution in [-0.4, -0.2) is 13.3 Å². The van der Waals surface area contributed by atoms with Crippen LogP contribution in [0.1, 0.15) is 19.4 Å². The molecule has 0 radical (unpaired) electrons. The summed E-state index contributed by atoms with van der Waals surface area (Å²) in [6.45, 7) is 4.42. The number of rotatable bonds is 4. The summed E-state index contributed by atoms with van der Waals surface area (Å²) < 4.78 is 17.5. The third kappa shape index (κ3) is 6.35. The third-order valence-corrected chi connectivity index (χ3v) is 1.81. The quantitative estimate of drug-likeness (QED) is 0.819. The van der Waals surface area contributed by atoms with E-state index in [1.807, 2.05) is 38.1 Å². The van der Waals surface area contributed by atoms with E-state index in [1.165, 1.54) is 0 Å². The maximum Gasteiger partial charge on any atom is 0.156 e. The van der Waals surface area contributed by atoms with Crippen molar-refractivity contribution in [2.75, 3.05) is 7.11 Å². The first kappa shape index (κ1) is 15.2. The van der Waals surface area contributed by atoms with Crippen molar-refractivity contribution in [3.05, 3.63) is 41.9 Å². The van der Waals surface area contributed by atoms with Crippen LogP contribution in [-0.2, 0) is 6.54 Å². The molecular formula is C13H19FN2O. The fraction of sp³-hybridized carbons (Fsp3) is 0.308. The highest BCUT2D eigenvalue weighted by Gasteiger charge is 1.92. The molecule has 1 rings (SSSR count). The van der Waals surface area contributed by atoms with Crippen molar-refractivity contribution in [2.45, 2.75) is 20.4 Å². The van der Waals surface area contributed by atoms with Gasteiger partial charge >= 0.3 is 0 Å². The molecular weight excluding hydrogens is 219 g/mol. The maximum absolute atomic E-state index is 12.5. The molecule has 0 saturated carbocycles. The van der Waals surface area contributed by atoms with Crippen LogP contribution in [0.4, 0.5) is 4.39 Å². The van der Waals surface area contributed by atoms with Crippen molar-refractivity contribution in [2.24, 2.45) is 10.7 Å². The van der Waals surface area contributed by atoms with E-state index in [-0.39, 0.29) is 0 Å². The molecule has 0 amide bonds. The maximum atomic E-state index is 12.5. The fourth-order valence-electron chi connectivity index (χ4n) is 1.01. The second-order valence-corrected chi connectivity index (χ2v) is 2.87. The van der Waals surface area contributed by atoms with E-state index in [9.17, 15) is 4.39 Å². The first-order chi connectivity index (χ1) is 8.26. The average molecular weight is 238 g/mol. The summed E-state index contributed by atoms with van der Waals surface area (Å²) in [5.74, 6) is 0.249. The normalized spacial score (nSPS) is 10.9. The van der Waals surface area contributed by atoms with Crippen molar-refractivity contribution in [1.82, 2.24) is 0 Å². The number of ether oxygens (including phenoxy) is 1. The van der Waals surface area contributed by atoms with Gasteiger partial charge in [-0.1, -0.05) is 26.0 Å². The summed E-state index contributed by atoms with van der Waals surface area (Å²) in [4.78, 5) is 3.88. The number of benzene rings is 1. The number of nitrogens with zero attached hydrogens (tertiary/aromatic N) is 1. The predicted molar refractivity (Wildman–Crippen MR) is 69.9 cm³/mol. The molecule has 0 atom stereocenters. The molecule has 0 saturated heterocycles. The Bertz CT molecular complexity index is 358. The van der Waals surface area contributed by atoms with E-state index < -0.39 is 5.83 Å². The van der Waals surface area contributed by atoms with Gasteiger partial charge in [0.05, 0.1) is 19.9 Å². The van der Waals surface area contributed by atoms with Gasteiger partial charge in [-0.2, -0.15) is 0 Å². The molecule has 0 heterocycles. The number of methoxy groups -OCH3 is 1. The summed E-state index contributed by atoms with van der Waals surface area (Å²) in [5.41, 5.74) is 5.93. The second kappa shape index (κ2) is 9.39. The lowest BCUT2D eigenvalue weighted by atomic mass is 10.2. The van der Waals surface area contributed by atoms with Gasteiger partial charge in [0.2, 0.25) is 0 Å². The van der Waals surface area contributed by atoms with E-state index in [0.717, 1.165) is 23.7 Å². The zero-order valence-corrected chi connectivity index (χ0v) is 10.5. The van der Waals surface area contributed by atoms with Crippen LogP contribution in [0.5, 0.6) is 5.75 Å². The van der Waals surface area contributed by atoms with Gasteiger partial charge in [0.1, 0.15) is 5.75 Å². The van der Waals surface area contributed by atoms with Gasteiger partial charge < -0.3 is 10.5 Å². The van der Waals surface area contributed by atoms with Crippen molar-refractivity contribution in [3.63, 3.8) is 0 Å². The Kier molecular flexibility index (Phi) is 8.37. The van der Waals surface area contributed by atoms with Gasteiger partial charge in [0.15, 0.2) is 5.83 Å². The minimum atomic E-state index is -0.538. The monoisotopic (exact) mass is 238 g/mol. The number of allylic oxidation sites excluding steroid dienone is 1. The Hall–Kier alpha value is -1.84. The molecule has 1 aromatic carbocycles. The Labute approximate surface area is 102 Å². The average Bonchev–Trinajstić information content (AvgIpc) is 2.41. The summed E-state index contributed by atoms with van der Waals surface area (Å²) in [7, 11) is 1.61. The van der Waals surface area contributed by atoms with Gasteiger partial charge in [-0.15, -0.1) is 0 Å². The van der Waals surface area contributed by atoms with Crippen LogP contribution in [0.2, 0.25) is 0 Å². The van der Waals surface area contributed by atoms with Gasteiger partial charge in [0.25, 0.3) is 0 Å². The molecule has 0 fully saturated rings. The number of halogens is 1. The number of nitrogens with two attached hydrogens (primary N) is 1. The van der Waals surface area contributed by atoms with Crippen molar-refractivity contribution in [3.8, 4) is 5.75 Å². The molecule has 3 nitrogen and oxygen atoms in total. The minimum absolute atomic E-state index is 0.422. The molecule has 0 aliphatic carbocycles. The molecule has 2 N–H and O–H groups in total. The van der Waals surface area contributed by atoms with E-state index >= 15 is 0 Å². The lowest BCUT2D eigenvalue weighted by Gasteiger charge is -2.00. The van der Waals surface area contributed by atoms with Crippen molar-refractivity contribution < 1.29 is 9.13 Å².